The van der Waals surface area contributed by atoms with E-state index in [1.54, 1.807) is 43.4 Å². The minimum atomic E-state index is -3.20. The molecule has 3 aliphatic rings. The summed E-state index contributed by atoms with van der Waals surface area (Å²) in [6.45, 7) is -0.244. The summed E-state index contributed by atoms with van der Waals surface area (Å²) in [5, 5.41) is 5.19. The van der Waals surface area contributed by atoms with Crippen molar-refractivity contribution in [3.63, 3.8) is 0 Å². The molecule has 1 spiro atoms. The lowest BCUT2D eigenvalue weighted by atomic mass is 9.95. The first-order valence-corrected chi connectivity index (χ1v) is 13.8. The van der Waals surface area contributed by atoms with Crippen LogP contribution in [0.5, 0.6) is 0 Å². The van der Waals surface area contributed by atoms with Crippen molar-refractivity contribution in [2.45, 2.75) is 37.4 Å². The van der Waals surface area contributed by atoms with Crippen molar-refractivity contribution in [1.29, 1.82) is 0 Å². The van der Waals surface area contributed by atoms with Gasteiger partial charge in [0.2, 0.25) is 5.91 Å². The number of imide groups is 1. The number of sulfone groups is 1. The van der Waals surface area contributed by atoms with Crippen LogP contribution in [0.1, 0.15) is 23.6 Å². The maximum atomic E-state index is 13.3. The Hall–Kier alpha value is -3.93. The number of para-hydroxylation sites is 2. The van der Waals surface area contributed by atoms with Crippen LogP contribution in [-0.2, 0) is 38.8 Å². The summed E-state index contributed by atoms with van der Waals surface area (Å²) in [7, 11) is -1.60. The Morgan fingerprint density at radius 3 is 2.49 bits per heavy atom. The van der Waals surface area contributed by atoms with Crippen LogP contribution >= 0.6 is 0 Å². The number of hydrogen-bond acceptors (Lipinski definition) is 6. The molecule has 2 N–H and O–H groups in total. The highest BCUT2D eigenvalue weighted by atomic mass is 32.2. The summed E-state index contributed by atoms with van der Waals surface area (Å²) in [4.78, 5) is 52.3. The van der Waals surface area contributed by atoms with Gasteiger partial charge in [0, 0.05) is 25.6 Å². The molecule has 1 aliphatic carbocycles. The Labute approximate surface area is 212 Å². The monoisotopic (exact) mass is 523 g/mol. The van der Waals surface area contributed by atoms with Crippen LogP contribution in [0.4, 0.5) is 10.5 Å². The van der Waals surface area contributed by atoms with E-state index in [-0.39, 0.29) is 24.0 Å². The third kappa shape index (κ3) is 3.66. The van der Waals surface area contributed by atoms with E-state index in [9.17, 15) is 27.6 Å². The molecule has 2 aromatic carbocycles. The number of carbonyl (C=O) groups is 3. The largest absolute Gasteiger partial charge is 0.329 e. The number of amides is 4. The number of imidazole rings is 1. The fourth-order valence-corrected chi connectivity index (χ4v) is 7.54. The predicted molar refractivity (Wildman–Crippen MR) is 135 cm³/mol. The maximum Gasteiger partial charge on any atom is 0.329 e. The Morgan fingerprint density at radius 1 is 1.08 bits per heavy atom. The first-order chi connectivity index (χ1) is 17.6. The molecule has 0 radical (unpaired) electrons. The fourth-order valence-electron chi connectivity index (χ4n) is 5.84. The number of rotatable bonds is 4. The number of anilines is 1. The summed E-state index contributed by atoms with van der Waals surface area (Å²) in [5.74, 6) is -0.798. The first kappa shape index (κ1) is 23.5. The summed E-state index contributed by atoms with van der Waals surface area (Å²) in [5.41, 5.74) is 2.10. The number of nitrogens with one attached hydrogen (secondary N) is 2. The van der Waals surface area contributed by atoms with Gasteiger partial charge < -0.3 is 10.2 Å². The van der Waals surface area contributed by atoms with Gasteiger partial charge in [-0.2, -0.15) is 0 Å². The normalized spacial score (nSPS) is 24.1. The van der Waals surface area contributed by atoms with Crippen molar-refractivity contribution < 1.29 is 22.8 Å². The van der Waals surface area contributed by atoms with Crippen LogP contribution in [-0.4, -0.2) is 64.4 Å². The average Bonchev–Trinajstić information content (AvgIpc) is 3.54. The van der Waals surface area contributed by atoms with E-state index in [0.29, 0.717) is 36.0 Å². The molecule has 0 bridgehead atoms. The van der Waals surface area contributed by atoms with Gasteiger partial charge in [0.25, 0.3) is 5.91 Å². The smallest absolute Gasteiger partial charge is 0.325 e. The minimum Gasteiger partial charge on any atom is -0.325 e. The van der Waals surface area contributed by atoms with Crippen molar-refractivity contribution in [2.24, 2.45) is 0 Å². The van der Waals surface area contributed by atoms with E-state index in [1.807, 2.05) is 6.07 Å². The van der Waals surface area contributed by atoms with E-state index in [2.05, 4.69) is 10.6 Å². The zero-order valence-electron chi connectivity index (χ0n) is 20.1. The molecule has 2 fully saturated rings. The van der Waals surface area contributed by atoms with Gasteiger partial charge in [0.15, 0.2) is 9.84 Å². The van der Waals surface area contributed by atoms with Crippen LogP contribution < -0.4 is 16.3 Å². The summed E-state index contributed by atoms with van der Waals surface area (Å²) >= 11 is 0. The number of likely N-dealkylation sites (N-methyl/N-ethyl adjacent to an activating group) is 1. The summed E-state index contributed by atoms with van der Waals surface area (Å²) < 4.78 is 26.9. The number of carbonyl (C=O) groups excluding carboxylic acids is 3. The van der Waals surface area contributed by atoms with E-state index in [1.165, 1.54) is 14.0 Å². The third-order valence-corrected chi connectivity index (χ3v) is 9.54. The molecular formula is C25H25N5O6S. The third-order valence-electron chi connectivity index (χ3n) is 7.79. The lowest BCUT2D eigenvalue weighted by molar-refractivity contribution is -0.125. The molecule has 11 nitrogen and oxygen atoms in total. The van der Waals surface area contributed by atoms with Gasteiger partial charge >= 0.3 is 11.7 Å². The molecule has 2 unspecified atom stereocenters. The Kier molecular flexibility index (Phi) is 5.10. The number of hydrogen-bond donors (Lipinski definition) is 2. The molecule has 0 saturated carbocycles. The van der Waals surface area contributed by atoms with Crippen molar-refractivity contribution in [1.82, 2.24) is 19.4 Å². The Bertz CT molecular complexity index is 1670. The van der Waals surface area contributed by atoms with Crippen LogP contribution in [0.2, 0.25) is 0 Å². The van der Waals surface area contributed by atoms with Gasteiger partial charge in [-0.15, -0.1) is 0 Å². The number of nitrogens with zero attached hydrogens (tertiary/aromatic N) is 3. The number of urea groups is 1. The zero-order chi connectivity index (χ0) is 26.1. The zero-order valence-corrected chi connectivity index (χ0v) is 20.9. The molecule has 6 rings (SSSR count). The molecule has 37 heavy (non-hydrogen) atoms. The maximum absolute atomic E-state index is 13.3. The predicted octanol–water partition coefficient (Wildman–Crippen LogP) is 0.820. The molecule has 2 atom stereocenters. The molecule has 192 valence electrons. The molecule has 4 amide bonds. The van der Waals surface area contributed by atoms with Crippen LogP contribution in [0.3, 0.4) is 0 Å². The topological polar surface area (TPSA) is 140 Å². The van der Waals surface area contributed by atoms with E-state index < -0.39 is 39.0 Å². The highest BCUT2D eigenvalue weighted by Crippen LogP contribution is 2.38. The summed E-state index contributed by atoms with van der Waals surface area (Å²) in [6, 6.07) is 11.5. The van der Waals surface area contributed by atoms with Crippen LogP contribution in [0.15, 0.2) is 47.3 Å². The fraction of sp³-hybridized carbons (Fsp3) is 0.360. The van der Waals surface area contributed by atoms with Crippen molar-refractivity contribution >= 4 is 44.4 Å². The molecule has 3 heterocycles. The highest BCUT2D eigenvalue weighted by molar-refractivity contribution is 7.91. The van der Waals surface area contributed by atoms with Gasteiger partial charge in [0.05, 0.1) is 28.6 Å². The van der Waals surface area contributed by atoms with E-state index in [0.717, 1.165) is 11.1 Å². The van der Waals surface area contributed by atoms with E-state index >= 15 is 0 Å². The second kappa shape index (κ2) is 8.04. The van der Waals surface area contributed by atoms with Crippen LogP contribution in [0.25, 0.3) is 11.0 Å². The van der Waals surface area contributed by atoms with Gasteiger partial charge in [-0.05, 0) is 41.8 Å². The average molecular weight is 524 g/mol. The molecular weight excluding hydrogens is 498 g/mol. The second-order valence-electron chi connectivity index (χ2n) is 10.0. The van der Waals surface area contributed by atoms with Gasteiger partial charge in [0.1, 0.15) is 12.1 Å². The quantitative estimate of drug-likeness (QED) is 0.486. The van der Waals surface area contributed by atoms with Crippen molar-refractivity contribution in [2.75, 3.05) is 23.9 Å². The Balaban J connectivity index is 1.25. The molecule has 3 aromatic rings. The molecule has 2 aliphatic heterocycles. The van der Waals surface area contributed by atoms with Gasteiger partial charge in [-0.25, -0.2) is 18.0 Å². The standard InChI is InChI=1S/C25H25N5O6S/c1-28-23(33)27-22(32)25(28)11-15-6-7-17(10-16(15)12-25)26-21(31)13-29-19-4-2-3-5-20(19)30(24(29)34)18-8-9-37(35,36)14-18/h2-7,10,18H,8-9,11-14H2,1H3,(H,26,31)(H,27,32,33). The number of fused-ring (bicyclic) bond motifs is 2. The SMILES string of the molecule is CN1C(=O)NC(=O)C12Cc1ccc(NC(=O)Cn3c(=O)n(C4CCS(=O)(=O)C4)c4ccccc43)cc1C2. The minimum absolute atomic E-state index is 0.0370. The molecule has 2 saturated heterocycles. The lowest BCUT2D eigenvalue weighted by Gasteiger charge is -2.27. The van der Waals surface area contributed by atoms with Crippen molar-refractivity contribution in [3.8, 4) is 0 Å². The number of benzene rings is 2. The van der Waals surface area contributed by atoms with Gasteiger partial charge in [-0.1, -0.05) is 18.2 Å². The van der Waals surface area contributed by atoms with E-state index in [4.69, 9.17) is 0 Å². The first-order valence-electron chi connectivity index (χ1n) is 12.0. The lowest BCUT2D eigenvalue weighted by Crippen LogP contribution is -2.48. The highest BCUT2D eigenvalue weighted by Gasteiger charge is 2.54. The van der Waals surface area contributed by atoms with Gasteiger partial charge in [-0.3, -0.25) is 24.0 Å². The molecule has 12 heteroatoms. The molecule has 1 aromatic heterocycles. The second-order valence-corrected chi connectivity index (χ2v) is 12.2. The Morgan fingerprint density at radius 2 is 1.81 bits per heavy atom. The number of aromatic nitrogens is 2. The van der Waals surface area contributed by atoms with Crippen molar-refractivity contribution in [3.05, 3.63) is 64.1 Å². The summed E-state index contributed by atoms with van der Waals surface area (Å²) in [6.07, 6.45) is 1.10. The van der Waals surface area contributed by atoms with Crippen LogP contribution in [0, 0.1) is 0 Å².